The molecule has 76 valence electrons. The highest BCUT2D eigenvalue weighted by Gasteiger charge is 2.21. The first kappa shape index (κ1) is 10.7. The number of hydrogen-bond donors (Lipinski definition) is 0. The molecule has 1 rings (SSSR count). The first-order valence-electron chi connectivity index (χ1n) is 4.22. The summed E-state index contributed by atoms with van der Waals surface area (Å²) in [5.74, 6) is -0.441. The van der Waals surface area contributed by atoms with Gasteiger partial charge >= 0.3 is 5.97 Å². The van der Waals surface area contributed by atoms with Crippen molar-refractivity contribution in [1.82, 2.24) is 4.98 Å². The predicted molar refractivity (Wildman–Crippen MR) is 50.7 cm³/mol. The van der Waals surface area contributed by atoms with E-state index >= 15 is 0 Å². The summed E-state index contributed by atoms with van der Waals surface area (Å²) in [5.41, 5.74) is 1.60. The van der Waals surface area contributed by atoms with Crippen molar-refractivity contribution in [3.05, 3.63) is 29.6 Å². The van der Waals surface area contributed by atoms with Gasteiger partial charge in [0.15, 0.2) is 6.10 Å². The van der Waals surface area contributed by atoms with Gasteiger partial charge in [0, 0.05) is 13.3 Å². The maximum absolute atomic E-state index is 11.2. The summed E-state index contributed by atoms with van der Waals surface area (Å²) in [4.78, 5) is 15.3. The van der Waals surface area contributed by atoms with Crippen molar-refractivity contribution >= 4 is 5.97 Å². The minimum atomic E-state index is -0.736. The second kappa shape index (κ2) is 4.72. The van der Waals surface area contributed by atoms with Gasteiger partial charge in [-0.15, -0.1) is 0 Å². The third-order valence-electron chi connectivity index (χ3n) is 1.85. The molecule has 1 atom stereocenters. The lowest BCUT2D eigenvalue weighted by Crippen LogP contribution is -2.17. The number of nitrogens with zero attached hydrogens (tertiary/aromatic N) is 1. The van der Waals surface area contributed by atoms with Gasteiger partial charge in [0.2, 0.25) is 0 Å². The number of esters is 1. The van der Waals surface area contributed by atoms with Crippen LogP contribution in [0.2, 0.25) is 0 Å². The summed E-state index contributed by atoms with van der Waals surface area (Å²) in [5, 5.41) is 0. The molecular weight excluding hydrogens is 182 g/mol. The topological polar surface area (TPSA) is 48.4 Å². The molecule has 1 unspecified atom stereocenters. The van der Waals surface area contributed by atoms with E-state index in [1.54, 1.807) is 12.3 Å². The van der Waals surface area contributed by atoms with Gasteiger partial charge < -0.3 is 9.47 Å². The fraction of sp³-hybridized carbons (Fsp3) is 0.400. The Labute approximate surface area is 82.9 Å². The standard InChI is InChI=1S/C10H13NO3/c1-7-4-5-8(11-6-7)9(13-2)10(12)14-3/h4-6,9H,1-3H3. The molecule has 0 aliphatic heterocycles. The number of carbonyl (C=O) groups is 1. The molecular formula is C10H13NO3. The lowest BCUT2D eigenvalue weighted by Gasteiger charge is -2.11. The van der Waals surface area contributed by atoms with Crippen molar-refractivity contribution in [3.8, 4) is 0 Å². The van der Waals surface area contributed by atoms with E-state index in [0.29, 0.717) is 5.69 Å². The Morgan fingerprint density at radius 3 is 2.57 bits per heavy atom. The molecule has 0 spiro atoms. The summed E-state index contributed by atoms with van der Waals surface area (Å²) in [6.45, 7) is 1.93. The van der Waals surface area contributed by atoms with E-state index in [1.807, 2.05) is 13.0 Å². The van der Waals surface area contributed by atoms with Crippen LogP contribution in [0.5, 0.6) is 0 Å². The number of carbonyl (C=O) groups excluding carboxylic acids is 1. The highest BCUT2D eigenvalue weighted by Crippen LogP contribution is 2.15. The summed E-state index contributed by atoms with van der Waals surface area (Å²) < 4.78 is 9.58. The van der Waals surface area contributed by atoms with Crippen LogP contribution in [0, 0.1) is 6.92 Å². The Bertz CT molecular complexity index is 308. The minimum absolute atomic E-state index is 0.441. The van der Waals surface area contributed by atoms with Crippen LogP contribution < -0.4 is 0 Å². The Hall–Kier alpha value is -1.42. The van der Waals surface area contributed by atoms with E-state index in [4.69, 9.17) is 4.74 Å². The first-order valence-corrected chi connectivity index (χ1v) is 4.22. The zero-order valence-corrected chi connectivity index (χ0v) is 8.48. The van der Waals surface area contributed by atoms with Crippen molar-refractivity contribution < 1.29 is 14.3 Å². The van der Waals surface area contributed by atoms with Crippen molar-refractivity contribution in [2.45, 2.75) is 13.0 Å². The Balaban J connectivity index is 2.89. The fourth-order valence-electron chi connectivity index (χ4n) is 1.08. The quantitative estimate of drug-likeness (QED) is 0.681. The Morgan fingerprint density at radius 1 is 1.43 bits per heavy atom. The van der Waals surface area contributed by atoms with Crippen LogP contribution in [0.1, 0.15) is 17.4 Å². The van der Waals surface area contributed by atoms with Gasteiger partial charge in [-0.3, -0.25) is 4.98 Å². The molecule has 0 amide bonds. The number of ether oxygens (including phenoxy) is 2. The molecule has 0 fully saturated rings. The highest BCUT2D eigenvalue weighted by atomic mass is 16.6. The SMILES string of the molecule is COC(=O)C(OC)c1ccc(C)cn1. The van der Waals surface area contributed by atoms with E-state index in [9.17, 15) is 4.79 Å². The van der Waals surface area contributed by atoms with Gasteiger partial charge in [-0.1, -0.05) is 6.07 Å². The van der Waals surface area contributed by atoms with Gasteiger partial charge in [-0.2, -0.15) is 0 Å². The van der Waals surface area contributed by atoms with Crippen LogP contribution in [0.3, 0.4) is 0 Å². The zero-order valence-electron chi connectivity index (χ0n) is 8.48. The largest absolute Gasteiger partial charge is 0.467 e. The number of methoxy groups -OCH3 is 2. The highest BCUT2D eigenvalue weighted by molar-refractivity contribution is 5.75. The molecule has 0 bridgehead atoms. The van der Waals surface area contributed by atoms with Crippen molar-refractivity contribution in [1.29, 1.82) is 0 Å². The number of hydrogen-bond acceptors (Lipinski definition) is 4. The van der Waals surface area contributed by atoms with Crippen molar-refractivity contribution in [3.63, 3.8) is 0 Å². The average molecular weight is 195 g/mol. The second-order valence-corrected chi connectivity index (χ2v) is 2.90. The van der Waals surface area contributed by atoms with Crippen LogP contribution >= 0.6 is 0 Å². The average Bonchev–Trinajstić information content (AvgIpc) is 2.21. The maximum atomic E-state index is 11.2. The first-order chi connectivity index (χ1) is 6.69. The molecule has 0 aromatic carbocycles. The van der Waals surface area contributed by atoms with Crippen LogP contribution in [-0.2, 0) is 14.3 Å². The number of rotatable bonds is 3. The second-order valence-electron chi connectivity index (χ2n) is 2.90. The fourth-order valence-corrected chi connectivity index (χ4v) is 1.08. The number of aromatic nitrogens is 1. The molecule has 0 radical (unpaired) electrons. The molecule has 4 heteroatoms. The Kier molecular flexibility index (Phi) is 3.59. The molecule has 1 heterocycles. The molecule has 0 saturated heterocycles. The molecule has 14 heavy (non-hydrogen) atoms. The summed E-state index contributed by atoms with van der Waals surface area (Å²) in [6.07, 6.45) is 0.949. The van der Waals surface area contributed by atoms with Crippen molar-refractivity contribution in [2.75, 3.05) is 14.2 Å². The molecule has 4 nitrogen and oxygen atoms in total. The smallest absolute Gasteiger partial charge is 0.341 e. The summed E-state index contributed by atoms with van der Waals surface area (Å²) in [6, 6.07) is 3.62. The van der Waals surface area contributed by atoms with Gasteiger partial charge in [-0.25, -0.2) is 4.79 Å². The molecule has 1 aromatic heterocycles. The normalized spacial score (nSPS) is 12.2. The molecule has 0 aliphatic carbocycles. The van der Waals surface area contributed by atoms with E-state index in [1.165, 1.54) is 14.2 Å². The predicted octanol–water partition coefficient (Wildman–Crippen LogP) is 1.25. The van der Waals surface area contributed by atoms with Crippen LogP contribution in [0.4, 0.5) is 0 Å². The monoisotopic (exact) mass is 195 g/mol. The number of pyridine rings is 1. The molecule has 0 saturated carbocycles. The summed E-state index contributed by atoms with van der Waals surface area (Å²) >= 11 is 0. The zero-order chi connectivity index (χ0) is 10.6. The van der Waals surface area contributed by atoms with Crippen LogP contribution in [0.15, 0.2) is 18.3 Å². The van der Waals surface area contributed by atoms with Crippen LogP contribution in [-0.4, -0.2) is 25.2 Å². The van der Waals surface area contributed by atoms with E-state index < -0.39 is 12.1 Å². The van der Waals surface area contributed by atoms with E-state index in [0.717, 1.165) is 5.56 Å². The van der Waals surface area contributed by atoms with Gasteiger partial charge in [-0.05, 0) is 18.6 Å². The lowest BCUT2D eigenvalue weighted by molar-refractivity contribution is -0.152. The minimum Gasteiger partial charge on any atom is -0.467 e. The van der Waals surface area contributed by atoms with Gasteiger partial charge in [0.05, 0.1) is 12.8 Å². The van der Waals surface area contributed by atoms with E-state index in [-0.39, 0.29) is 0 Å². The Morgan fingerprint density at radius 2 is 2.14 bits per heavy atom. The van der Waals surface area contributed by atoms with Crippen molar-refractivity contribution in [2.24, 2.45) is 0 Å². The third-order valence-corrected chi connectivity index (χ3v) is 1.85. The number of aryl methyl sites for hydroxylation is 1. The molecule has 0 aliphatic rings. The lowest BCUT2D eigenvalue weighted by atomic mass is 10.2. The third kappa shape index (κ3) is 2.29. The summed E-state index contributed by atoms with van der Waals surface area (Å²) in [7, 11) is 2.77. The van der Waals surface area contributed by atoms with Gasteiger partial charge in [0.25, 0.3) is 0 Å². The maximum Gasteiger partial charge on any atom is 0.341 e. The molecule has 0 N–H and O–H groups in total. The molecule has 1 aromatic rings. The van der Waals surface area contributed by atoms with Gasteiger partial charge in [0.1, 0.15) is 0 Å². The van der Waals surface area contributed by atoms with E-state index in [2.05, 4.69) is 9.72 Å². The van der Waals surface area contributed by atoms with Crippen LogP contribution in [0.25, 0.3) is 0 Å².